The van der Waals surface area contributed by atoms with Crippen LogP contribution in [-0.4, -0.2) is 24.4 Å². The van der Waals surface area contributed by atoms with Crippen molar-refractivity contribution in [2.45, 2.75) is 32.4 Å². The van der Waals surface area contributed by atoms with Crippen LogP contribution < -0.4 is 4.90 Å². The Hall–Kier alpha value is -1.09. The number of aromatic nitrogens is 1. The number of hydrogen-bond acceptors (Lipinski definition) is 3. The largest absolute Gasteiger partial charge is 0.359 e. The molecule has 3 nitrogen and oxygen atoms in total. The van der Waals surface area contributed by atoms with Crippen LogP contribution in [0.1, 0.15) is 26.2 Å². The molecule has 0 N–H and O–H groups in total. The summed E-state index contributed by atoms with van der Waals surface area (Å²) in [6.07, 6.45) is 7.60. The molecule has 0 bridgehead atoms. The first-order valence-corrected chi connectivity index (χ1v) is 5.70. The molecular weight excluding hydrogens is 188 g/mol. The minimum Gasteiger partial charge on any atom is -0.359 e. The number of pyridine rings is 1. The average molecular weight is 206 g/mol. The molecule has 1 aliphatic heterocycles. The van der Waals surface area contributed by atoms with Crippen LogP contribution in [0.25, 0.3) is 0 Å². The van der Waals surface area contributed by atoms with Crippen LogP contribution in [0.2, 0.25) is 0 Å². The van der Waals surface area contributed by atoms with Gasteiger partial charge in [0, 0.05) is 31.2 Å². The zero-order valence-electron chi connectivity index (χ0n) is 9.22. The smallest absolute Gasteiger partial charge is 0.130 e. The Balaban J connectivity index is 2.11. The van der Waals surface area contributed by atoms with Crippen molar-refractivity contribution in [3.8, 4) is 0 Å². The van der Waals surface area contributed by atoms with E-state index in [1.165, 1.54) is 18.5 Å². The molecule has 0 saturated carbocycles. The summed E-state index contributed by atoms with van der Waals surface area (Å²) in [5, 5.41) is 0. The first-order valence-electron chi connectivity index (χ1n) is 5.70. The monoisotopic (exact) mass is 206 g/mol. The van der Waals surface area contributed by atoms with Crippen LogP contribution in [0.3, 0.4) is 0 Å². The summed E-state index contributed by atoms with van der Waals surface area (Å²) in [7, 11) is 0. The van der Waals surface area contributed by atoms with Crippen LogP contribution in [0.5, 0.6) is 0 Å². The molecule has 0 radical (unpaired) electrons. The van der Waals surface area contributed by atoms with Crippen molar-refractivity contribution in [1.29, 1.82) is 0 Å². The molecule has 0 aromatic carbocycles. The van der Waals surface area contributed by atoms with Crippen molar-refractivity contribution < 1.29 is 4.74 Å². The van der Waals surface area contributed by atoms with Gasteiger partial charge in [-0.2, -0.15) is 0 Å². The van der Waals surface area contributed by atoms with E-state index < -0.39 is 0 Å². The number of piperidine rings is 1. The van der Waals surface area contributed by atoms with Gasteiger partial charge in [0.05, 0.1) is 0 Å². The molecular formula is C12H18N2O. The third-order valence-electron chi connectivity index (χ3n) is 2.80. The second kappa shape index (κ2) is 5.12. The second-order valence-electron chi connectivity index (χ2n) is 3.80. The standard InChI is InChI=1S/C12H18N2O/c1-2-15-12-5-3-4-10-14(12)11-6-8-13-9-7-11/h6-9,12H,2-5,10H2,1H3. The van der Waals surface area contributed by atoms with Crippen LogP contribution >= 0.6 is 0 Å². The molecule has 0 aliphatic carbocycles. The molecule has 1 aromatic rings. The zero-order chi connectivity index (χ0) is 10.5. The highest BCUT2D eigenvalue weighted by atomic mass is 16.5. The fourth-order valence-electron chi connectivity index (χ4n) is 2.10. The maximum atomic E-state index is 5.76. The van der Waals surface area contributed by atoms with Gasteiger partial charge in [0.2, 0.25) is 0 Å². The molecule has 1 aromatic heterocycles. The van der Waals surface area contributed by atoms with Gasteiger partial charge >= 0.3 is 0 Å². The molecule has 1 unspecified atom stereocenters. The summed E-state index contributed by atoms with van der Waals surface area (Å²) in [4.78, 5) is 6.39. The number of ether oxygens (including phenoxy) is 1. The highest BCUT2D eigenvalue weighted by molar-refractivity contribution is 5.45. The van der Waals surface area contributed by atoms with E-state index in [1.54, 1.807) is 0 Å². The summed E-state index contributed by atoms with van der Waals surface area (Å²) >= 11 is 0. The lowest BCUT2D eigenvalue weighted by atomic mass is 10.1. The van der Waals surface area contributed by atoms with E-state index in [4.69, 9.17) is 4.74 Å². The Morgan fingerprint density at radius 1 is 1.40 bits per heavy atom. The van der Waals surface area contributed by atoms with Gasteiger partial charge in [0.15, 0.2) is 0 Å². The van der Waals surface area contributed by atoms with Crippen LogP contribution in [0.15, 0.2) is 24.5 Å². The van der Waals surface area contributed by atoms with E-state index in [0.717, 1.165) is 19.6 Å². The van der Waals surface area contributed by atoms with E-state index in [1.807, 2.05) is 12.4 Å². The van der Waals surface area contributed by atoms with Crippen molar-refractivity contribution in [2.24, 2.45) is 0 Å². The first-order chi connectivity index (χ1) is 7.42. The maximum absolute atomic E-state index is 5.76. The number of anilines is 1. The topological polar surface area (TPSA) is 25.4 Å². The number of rotatable bonds is 3. The summed E-state index contributed by atoms with van der Waals surface area (Å²) in [5.74, 6) is 0. The lowest BCUT2D eigenvalue weighted by Gasteiger charge is -2.36. The highest BCUT2D eigenvalue weighted by Crippen LogP contribution is 2.24. The summed E-state index contributed by atoms with van der Waals surface area (Å²) in [6.45, 7) is 3.93. The summed E-state index contributed by atoms with van der Waals surface area (Å²) < 4.78 is 5.76. The molecule has 0 spiro atoms. The Morgan fingerprint density at radius 2 is 2.20 bits per heavy atom. The molecule has 15 heavy (non-hydrogen) atoms. The van der Waals surface area contributed by atoms with Crippen molar-refractivity contribution in [3.63, 3.8) is 0 Å². The average Bonchev–Trinajstić information content (AvgIpc) is 2.31. The number of nitrogens with zero attached hydrogens (tertiary/aromatic N) is 2. The molecule has 2 rings (SSSR count). The fraction of sp³-hybridized carbons (Fsp3) is 0.583. The van der Waals surface area contributed by atoms with Gasteiger partial charge in [-0.05, 0) is 38.3 Å². The molecule has 1 saturated heterocycles. The van der Waals surface area contributed by atoms with Gasteiger partial charge < -0.3 is 9.64 Å². The Kier molecular flexibility index (Phi) is 3.56. The highest BCUT2D eigenvalue weighted by Gasteiger charge is 2.22. The van der Waals surface area contributed by atoms with Crippen LogP contribution in [0.4, 0.5) is 5.69 Å². The van der Waals surface area contributed by atoms with E-state index in [-0.39, 0.29) is 6.23 Å². The van der Waals surface area contributed by atoms with Gasteiger partial charge in [0.1, 0.15) is 6.23 Å². The Labute approximate surface area is 91.1 Å². The predicted molar refractivity (Wildman–Crippen MR) is 60.8 cm³/mol. The van der Waals surface area contributed by atoms with Gasteiger partial charge in [0.25, 0.3) is 0 Å². The summed E-state index contributed by atoms with van der Waals surface area (Å²) in [6, 6.07) is 4.11. The minimum atomic E-state index is 0.256. The fourth-order valence-corrected chi connectivity index (χ4v) is 2.10. The van der Waals surface area contributed by atoms with Crippen LogP contribution in [0, 0.1) is 0 Å². The van der Waals surface area contributed by atoms with Gasteiger partial charge in [-0.1, -0.05) is 0 Å². The van der Waals surface area contributed by atoms with Crippen molar-refractivity contribution in [3.05, 3.63) is 24.5 Å². The molecule has 3 heteroatoms. The molecule has 2 heterocycles. The first kappa shape index (κ1) is 10.4. The van der Waals surface area contributed by atoms with Crippen molar-refractivity contribution >= 4 is 5.69 Å². The third-order valence-corrected chi connectivity index (χ3v) is 2.80. The summed E-state index contributed by atoms with van der Waals surface area (Å²) in [5.41, 5.74) is 1.23. The molecule has 82 valence electrons. The molecule has 1 aliphatic rings. The normalized spacial score (nSPS) is 21.7. The zero-order valence-corrected chi connectivity index (χ0v) is 9.22. The lowest BCUT2D eigenvalue weighted by molar-refractivity contribution is 0.0433. The van der Waals surface area contributed by atoms with E-state index in [9.17, 15) is 0 Å². The molecule has 0 amide bonds. The lowest BCUT2D eigenvalue weighted by Crippen LogP contribution is -2.41. The second-order valence-corrected chi connectivity index (χ2v) is 3.80. The van der Waals surface area contributed by atoms with Gasteiger partial charge in [-0.15, -0.1) is 0 Å². The SMILES string of the molecule is CCOC1CCCCN1c1ccncc1. The Bertz CT molecular complexity index is 287. The minimum absolute atomic E-state index is 0.256. The van der Waals surface area contributed by atoms with E-state index in [2.05, 4.69) is 28.9 Å². The van der Waals surface area contributed by atoms with E-state index in [0.29, 0.717) is 0 Å². The maximum Gasteiger partial charge on any atom is 0.130 e. The van der Waals surface area contributed by atoms with Gasteiger partial charge in [-0.3, -0.25) is 4.98 Å². The molecule has 1 fully saturated rings. The van der Waals surface area contributed by atoms with Crippen LogP contribution in [-0.2, 0) is 4.74 Å². The van der Waals surface area contributed by atoms with Crippen molar-refractivity contribution in [2.75, 3.05) is 18.1 Å². The number of hydrogen-bond donors (Lipinski definition) is 0. The third kappa shape index (κ3) is 2.48. The quantitative estimate of drug-likeness (QED) is 0.759. The Morgan fingerprint density at radius 3 is 2.93 bits per heavy atom. The van der Waals surface area contributed by atoms with Crippen molar-refractivity contribution in [1.82, 2.24) is 4.98 Å². The predicted octanol–water partition coefficient (Wildman–Crippen LogP) is 2.43. The molecule has 1 atom stereocenters. The van der Waals surface area contributed by atoms with E-state index >= 15 is 0 Å². The van der Waals surface area contributed by atoms with Gasteiger partial charge in [-0.25, -0.2) is 0 Å².